The van der Waals surface area contributed by atoms with Crippen LogP contribution in [-0.2, 0) is 0 Å². The summed E-state index contributed by atoms with van der Waals surface area (Å²) >= 11 is 6.09. The van der Waals surface area contributed by atoms with E-state index < -0.39 is 0 Å². The van der Waals surface area contributed by atoms with Crippen molar-refractivity contribution in [2.75, 3.05) is 18.6 Å². The van der Waals surface area contributed by atoms with E-state index in [0.29, 0.717) is 10.9 Å². The summed E-state index contributed by atoms with van der Waals surface area (Å²) < 4.78 is 5.36. The topological polar surface area (TPSA) is 36.3 Å². The summed E-state index contributed by atoms with van der Waals surface area (Å²) in [7, 11) is 1.64. The van der Waals surface area contributed by atoms with Crippen LogP contribution in [0, 0.1) is 12.3 Å². The predicted molar refractivity (Wildman–Crippen MR) is 71.7 cm³/mol. The third-order valence-electron chi connectivity index (χ3n) is 3.12. The lowest BCUT2D eigenvalue weighted by atomic mass is 10.1. The third kappa shape index (κ3) is 2.39. The van der Waals surface area contributed by atoms with Crippen molar-refractivity contribution in [1.82, 2.24) is 0 Å². The summed E-state index contributed by atoms with van der Waals surface area (Å²) in [6.45, 7) is 2.86. The van der Waals surface area contributed by atoms with Gasteiger partial charge in [0.1, 0.15) is 11.6 Å². The van der Waals surface area contributed by atoms with Crippen LogP contribution in [0.1, 0.15) is 24.8 Å². The first kappa shape index (κ1) is 12.2. The fraction of sp³-hybridized carbons (Fsp3) is 0.462. The standard InChI is InChI=1S/C13H17ClN2O/c1-9-7-11(12(17-2)8-10(9)14)16-6-4-3-5-13(16)15/h7-8,15H,3-6H2,1-2H3. The van der Waals surface area contributed by atoms with Gasteiger partial charge in [-0.3, -0.25) is 5.41 Å². The second-order valence-electron chi connectivity index (χ2n) is 4.33. The van der Waals surface area contributed by atoms with Crippen LogP contribution in [0.2, 0.25) is 5.02 Å². The number of benzene rings is 1. The second kappa shape index (κ2) is 4.96. The number of aryl methyl sites for hydroxylation is 1. The molecule has 0 saturated carbocycles. The van der Waals surface area contributed by atoms with Crippen molar-refractivity contribution in [3.63, 3.8) is 0 Å². The van der Waals surface area contributed by atoms with Crippen LogP contribution >= 0.6 is 11.6 Å². The molecule has 0 bridgehead atoms. The van der Waals surface area contributed by atoms with E-state index in [9.17, 15) is 0 Å². The van der Waals surface area contributed by atoms with Gasteiger partial charge in [-0.15, -0.1) is 0 Å². The average Bonchev–Trinajstić information content (AvgIpc) is 2.33. The van der Waals surface area contributed by atoms with E-state index in [1.54, 1.807) is 7.11 Å². The molecule has 0 radical (unpaired) electrons. The Morgan fingerprint density at radius 2 is 2.12 bits per heavy atom. The monoisotopic (exact) mass is 252 g/mol. The number of halogens is 1. The van der Waals surface area contributed by atoms with Gasteiger partial charge in [-0.1, -0.05) is 11.6 Å². The zero-order valence-corrected chi connectivity index (χ0v) is 11.0. The van der Waals surface area contributed by atoms with Crippen LogP contribution in [0.5, 0.6) is 5.75 Å². The summed E-state index contributed by atoms with van der Waals surface area (Å²) in [6, 6.07) is 3.83. The lowest BCUT2D eigenvalue weighted by Crippen LogP contribution is -2.35. The highest BCUT2D eigenvalue weighted by Crippen LogP contribution is 2.35. The van der Waals surface area contributed by atoms with E-state index in [0.717, 1.165) is 42.8 Å². The van der Waals surface area contributed by atoms with Gasteiger partial charge in [0.15, 0.2) is 0 Å². The number of nitrogens with zero attached hydrogens (tertiary/aromatic N) is 1. The van der Waals surface area contributed by atoms with Crippen molar-refractivity contribution >= 4 is 23.1 Å². The Morgan fingerprint density at radius 1 is 1.35 bits per heavy atom. The fourth-order valence-electron chi connectivity index (χ4n) is 2.12. The van der Waals surface area contributed by atoms with Crippen LogP contribution in [0.4, 0.5) is 5.69 Å². The van der Waals surface area contributed by atoms with Crippen molar-refractivity contribution in [3.8, 4) is 5.75 Å². The lowest BCUT2D eigenvalue weighted by molar-refractivity contribution is 0.415. The van der Waals surface area contributed by atoms with Gasteiger partial charge in [-0.05, 0) is 31.4 Å². The molecule has 92 valence electrons. The molecular weight excluding hydrogens is 236 g/mol. The molecule has 2 rings (SSSR count). The van der Waals surface area contributed by atoms with Crippen LogP contribution in [-0.4, -0.2) is 19.5 Å². The van der Waals surface area contributed by atoms with Crippen LogP contribution < -0.4 is 9.64 Å². The van der Waals surface area contributed by atoms with Crippen molar-refractivity contribution in [2.24, 2.45) is 0 Å². The molecule has 1 N–H and O–H groups in total. The molecule has 0 unspecified atom stereocenters. The molecule has 1 fully saturated rings. The lowest BCUT2D eigenvalue weighted by Gasteiger charge is -2.30. The van der Waals surface area contributed by atoms with E-state index in [1.165, 1.54) is 0 Å². The maximum atomic E-state index is 8.02. The molecule has 1 aromatic rings. The Balaban J connectivity index is 2.42. The van der Waals surface area contributed by atoms with Gasteiger partial charge in [0.2, 0.25) is 0 Å². The first-order chi connectivity index (χ1) is 8.13. The number of anilines is 1. The van der Waals surface area contributed by atoms with Crippen LogP contribution in [0.3, 0.4) is 0 Å². The number of piperidine rings is 1. The first-order valence-corrected chi connectivity index (χ1v) is 6.20. The first-order valence-electron chi connectivity index (χ1n) is 5.82. The maximum Gasteiger partial charge on any atom is 0.144 e. The minimum absolute atomic E-state index is 0.663. The van der Waals surface area contributed by atoms with E-state index in [4.69, 9.17) is 21.7 Å². The number of hydrogen-bond donors (Lipinski definition) is 1. The second-order valence-corrected chi connectivity index (χ2v) is 4.74. The summed E-state index contributed by atoms with van der Waals surface area (Å²) in [5.41, 5.74) is 1.97. The normalized spacial score (nSPS) is 16.2. The van der Waals surface area contributed by atoms with Crippen molar-refractivity contribution < 1.29 is 4.74 Å². The van der Waals surface area contributed by atoms with Crippen molar-refractivity contribution in [1.29, 1.82) is 5.41 Å². The van der Waals surface area contributed by atoms with Gasteiger partial charge in [-0.2, -0.15) is 0 Å². The molecule has 17 heavy (non-hydrogen) atoms. The summed E-state index contributed by atoms with van der Waals surface area (Å²) in [6.07, 6.45) is 3.06. The Bertz CT molecular complexity index is 445. The average molecular weight is 253 g/mol. The molecule has 1 heterocycles. The van der Waals surface area contributed by atoms with Gasteiger partial charge in [0.05, 0.1) is 12.8 Å². The molecule has 4 heteroatoms. The molecule has 1 aliphatic heterocycles. The molecule has 0 spiro atoms. The Morgan fingerprint density at radius 3 is 2.76 bits per heavy atom. The van der Waals surface area contributed by atoms with Gasteiger partial charge in [0.25, 0.3) is 0 Å². The number of hydrogen-bond acceptors (Lipinski definition) is 2. The number of nitrogens with one attached hydrogen (secondary N) is 1. The SMILES string of the molecule is COc1cc(Cl)c(C)cc1N1CCCCC1=N. The Hall–Kier alpha value is -1.22. The molecule has 1 aromatic carbocycles. The summed E-state index contributed by atoms with van der Waals surface area (Å²) in [5.74, 6) is 1.41. The molecule has 0 aliphatic carbocycles. The fourth-order valence-corrected chi connectivity index (χ4v) is 2.27. The highest BCUT2D eigenvalue weighted by atomic mass is 35.5. The molecular formula is C13H17ClN2O. The number of amidine groups is 1. The van der Waals surface area contributed by atoms with Crippen LogP contribution in [0.15, 0.2) is 12.1 Å². The zero-order chi connectivity index (χ0) is 12.4. The molecule has 3 nitrogen and oxygen atoms in total. The van der Waals surface area contributed by atoms with Crippen LogP contribution in [0.25, 0.3) is 0 Å². The molecule has 0 aromatic heterocycles. The van der Waals surface area contributed by atoms with Gasteiger partial charge in [-0.25, -0.2) is 0 Å². The van der Waals surface area contributed by atoms with Crippen molar-refractivity contribution in [2.45, 2.75) is 26.2 Å². The number of ether oxygens (including phenoxy) is 1. The predicted octanol–water partition coefficient (Wildman–Crippen LogP) is 3.62. The van der Waals surface area contributed by atoms with Crippen molar-refractivity contribution in [3.05, 3.63) is 22.7 Å². The summed E-state index contributed by atoms with van der Waals surface area (Å²) in [4.78, 5) is 2.02. The number of rotatable bonds is 2. The van der Waals surface area contributed by atoms with E-state index in [2.05, 4.69) is 0 Å². The Labute approximate surface area is 107 Å². The number of methoxy groups -OCH3 is 1. The summed E-state index contributed by atoms with van der Waals surface area (Å²) in [5, 5.41) is 8.72. The zero-order valence-electron chi connectivity index (χ0n) is 10.2. The van der Waals surface area contributed by atoms with E-state index >= 15 is 0 Å². The van der Waals surface area contributed by atoms with E-state index in [1.807, 2.05) is 24.0 Å². The molecule has 0 amide bonds. The molecule has 1 saturated heterocycles. The maximum absolute atomic E-state index is 8.02. The minimum atomic E-state index is 0.663. The van der Waals surface area contributed by atoms with Gasteiger partial charge < -0.3 is 9.64 Å². The molecule has 0 atom stereocenters. The highest BCUT2D eigenvalue weighted by Gasteiger charge is 2.20. The quantitative estimate of drug-likeness (QED) is 0.873. The Kier molecular flexibility index (Phi) is 3.57. The van der Waals surface area contributed by atoms with Gasteiger partial charge in [0, 0.05) is 24.1 Å². The minimum Gasteiger partial charge on any atom is -0.495 e. The smallest absolute Gasteiger partial charge is 0.144 e. The highest BCUT2D eigenvalue weighted by molar-refractivity contribution is 6.31. The third-order valence-corrected chi connectivity index (χ3v) is 3.53. The molecule has 1 aliphatic rings. The van der Waals surface area contributed by atoms with Gasteiger partial charge >= 0.3 is 0 Å². The largest absolute Gasteiger partial charge is 0.495 e. The van der Waals surface area contributed by atoms with E-state index in [-0.39, 0.29) is 0 Å².